The fraction of sp³-hybridized carbons (Fsp3) is 0.500. The molecule has 5 N–H and O–H groups in total. The fourth-order valence-corrected chi connectivity index (χ4v) is 2.17. The minimum atomic E-state index is -1.19. The first-order valence-electron chi connectivity index (χ1n) is 5.69. The van der Waals surface area contributed by atoms with Crippen LogP contribution < -0.4 is 5.73 Å². The van der Waals surface area contributed by atoms with Gasteiger partial charge in [-0.2, -0.15) is 0 Å². The first-order chi connectivity index (χ1) is 9.13. The van der Waals surface area contributed by atoms with Gasteiger partial charge in [-0.15, -0.1) is 0 Å². The third-order valence-electron chi connectivity index (χ3n) is 3.18. The Hall–Kier alpha value is -1.29. The zero-order valence-electron chi connectivity index (χ0n) is 10.2. The standard InChI is InChI=1S/C10H13N5O4.Mn/c11-8-5-9(13-2-12-8)15(3-14-5)10-7(18)6(17)4(1-16)19-10;/h2-4,6-7,10,16-18H,1H2,(H2,11,12,13);/t4-,6-,7-,10-;/m1./s1. The molecule has 3 heterocycles. The van der Waals surface area contributed by atoms with Crippen molar-refractivity contribution >= 4 is 17.0 Å². The van der Waals surface area contributed by atoms with Crippen molar-refractivity contribution in [3.63, 3.8) is 0 Å². The van der Waals surface area contributed by atoms with Crippen LogP contribution in [0.5, 0.6) is 0 Å². The van der Waals surface area contributed by atoms with Gasteiger partial charge in [-0.1, -0.05) is 0 Å². The first kappa shape index (κ1) is 15.1. The number of nitrogens with zero attached hydrogens (tertiary/aromatic N) is 4. The Morgan fingerprint density at radius 2 is 2.00 bits per heavy atom. The molecule has 2 aromatic heterocycles. The summed E-state index contributed by atoms with van der Waals surface area (Å²) in [5.74, 6) is 0.218. The van der Waals surface area contributed by atoms with E-state index < -0.39 is 31.1 Å². The maximum atomic E-state index is 9.95. The molecule has 1 radical (unpaired) electrons. The number of imidazole rings is 1. The van der Waals surface area contributed by atoms with Crippen molar-refractivity contribution in [3.05, 3.63) is 12.7 Å². The second-order valence-corrected chi connectivity index (χ2v) is 4.31. The summed E-state index contributed by atoms with van der Waals surface area (Å²) < 4.78 is 6.85. The molecule has 4 atom stereocenters. The minimum Gasteiger partial charge on any atom is -0.394 e. The van der Waals surface area contributed by atoms with Gasteiger partial charge in [0.2, 0.25) is 0 Å². The van der Waals surface area contributed by atoms with Crippen molar-refractivity contribution in [1.82, 2.24) is 19.5 Å². The average Bonchev–Trinajstić information content (AvgIpc) is 2.94. The van der Waals surface area contributed by atoms with Gasteiger partial charge < -0.3 is 25.8 Å². The number of anilines is 1. The third-order valence-corrected chi connectivity index (χ3v) is 3.18. The number of fused-ring (bicyclic) bond motifs is 1. The molecule has 0 unspecified atom stereocenters. The van der Waals surface area contributed by atoms with Crippen molar-refractivity contribution in [2.75, 3.05) is 12.3 Å². The number of rotatable bonds is 2. The molecule has 0 amide bonds. The molecular weight excluding hydrogens is 309 g/mol. The minimum absolute atomic E-state index is 0. The Morgan fingerprint density at radius 1 is 1.25 bits per heavy atom. The van der Waals surface area contributed by atoms with Gasteiger partial charge in [0, 0.05) is 17.1 Å². The van der Waals surface area contributed by atoms with E-state index >= 15 is 0 Å². The molecule has 1 aliphatic rings. The van der Waals surface area contributed by atoms with Crippen LogP contribution >= 0.6 is 0 Å². The molecule has 2 aromatic rings. The zero-order chi connectivity index (χ0) is 13.6. The Labute approximate surface area is 123 Å². The number of aliphatic hydroxyl groups excluding tert-OH is 3. The van der Waals surface area contributed by atoms with E-state index in [0.29, 0.717) is 11.2 Å². The summed E-state index contributed by atoms with van der Waals surface area (Å²) in [6.45, 7) is -0.390. The number of ether oxygens (including phenoxy) is 1. The molecule has 9 nitrogen and oxygen atoms in total. The number of aliphatic hydroxyl groups is 3. The van der Waals surface area contributed by atoms with Crippen LogP contribution in [0.3, 0.4) is 0 Å². The van der Waals surface area contributed by atoms with Gasteiger partial charge in [0.1, 0.15) is 30.2 Å². The maximum absolute atomic E-state index is 9.95. The topological polar surface area (TPSA) is 140 Å². The molecule has 0 aliphatic carbocycles. The second kappa shape index (κ2) is 5.60. The van der Waals surface area contributed by atoms with E-state index in [1.807, 2.05) is 0 Å². The quantitative estimate of drug-likeness (QED) is 0.466. The summed E-state index contributed by atoms with van der Waals surface area (Å²) in [5.41, 5.74) is 6.44. The molecule has 109 valence electrons. The van der Waals surface area contributed by atoms with Crippen LogP contribution in [0.15, 0.2) is 12.7 Å². The first-order valence-corrected chi connectivity index (χ1v) is 5.69. The van der Waals surface area contributed by atoms with Gasteiger partial charge in [0.25, 0.3) is 0 Å². The van der Waals surface area contributed by atoms with E-state index in [9.17, 15) is 10.2 Å². The van der Waals surface area contributed by atoms with Gasteiger partial charge in [-0.3, -0.25) is 4.57 Å². The maximum Gasteiger partial charge on any atom is 0.167 e. The average molecular weight is 322 g/mol. The molecular formula is C10H13MnN5O4. The molecule has 1 saturated heterocycles. The van der Waals surface area contributed by atoms with Gasteiger partial charge >= 0.3 is 0 Å². The predicted octanol–water partition coefficient (Wildman–Crippen LogP) is -1.98. The van der Waals surface area contributed by atoms with Crippen LogP contribution in [0.2, 0.25) is 0 Å². The molecule has 0 spiro atoms. The Kier molecular flexibility index (Phi) is 4.23. The Balaban J connectivity index is 0.00000147. The Bertz CT molecular complexity index is 608. The molecule has 1 fully saturated rings. The summed E-state index contributed by atoms with van der Waals surface area (Å²) in [5, 5.41) is 28.7. The third kappa shape index (κ3) is 2.16. The van der Waals surface area contributed by atoms with Crippen LogP contribution in [0, 0.1) is 0 Å². The number of nitrogens with two attached hydrogens (primary N) is 1. The van der Waals surface area contributed by atoms with Crippen molar-refractivity contribution in [3.8, 4) is 0 Å². The monoisotopic (exact) mass is 322 g/mol. The summed E-state index contributed by atoms with van der Waals surface area (Å²) in [4.78, 5) is 11.9. The van der Waals surface area contributed by atoms with Gasteiger partial charge in [0.05, 0.1) is 12.9 Å². The number of hydrogen-bond donors (Lipinski definition) is 4. The van der Waals surface area contributed by atoms with E-state index in [1.54, 1.807) is 0 Å². The second-order valence-electron chi connectivity index (χ2n) is 4.31. The summed E-state index contributed by atoms with van der Waals surface area (Å²) in [7, 11) is 0. The van der Waals surface area contributed by atoms with Crippen molar-refractivity contribution in [1.29, 1.82) is 0 Å². The van der Waals surface area contributed by atoms with Crippen molar-refractivity contribution < 1.29 is 37.1 Å². The molecule has 10 heteroatoms. The van der Waals surface area contributed by atoms with Gasteiger partial charge in [-0.25, -0.2) is 15.0 Å². The molecule has 0 saturated carbocycles. The van der Waals surface area contributed by atoms with Crippen LogP contribution in [0.4, 0.5) is 5.82 Å². The van der Waals surface area contributed by atoms with E-state index in [-0.39, 0.29) is 22.9 Å². The fourth-order valence-electron chi connectivity index (χ4n) is 2.17. The van der Waals surface area contributed by atoms with E-state index in [0.717, 1.165) is 0 Å². The normalized spacial score (nSPS) is 29.6. The van der Waals surface area contributed by atoms with E-state index in [2.05, 4.69) is 15.0 Å². The van der Waals surface area contributed by atoms with E-state index in [1.165, 1.54) is 17.2 Å². The SMILES string of the molecule is Nc1ncnc2c1ncn2[C@@H]1O[C@H](CO)[C@@H](O)[C@H]1O.[Mn]. The van der Waals surface area contributed by atoms with Crippen molar-refractivity contribution in [2.45, 2.75) is 24.5 Å². The number of aromatic nitrogens is 4. The summed E-state index contributed by atoms with van der Waals surface area (Å²) in [6, 6.07) is 0. The Morgan fingerprint density at radius 3 is 2.65 bits per heavy atom. The van der Waals surface area contributed by atoms with E-state index in [4.69, 9.17) is 15.6 Å². The molecule has 0 aromatic carbocycles. The van der Waals surface area contributed by atoms with Gasteiger partial charge in [-0.05, 0) is 0 Å². The van der Waals surface area contributed by atoms with Crippen LogP contribution in [-0.2, 0) is 21.8 Å². The number of hydrogen-bond acceptors (Lipinski definition) is 8. The zero-order valence-corrected chi connectivity index (χ0v) is 11.3. The largest absolute Gasteiger partial charge is 0.394 e. The smallest absolute Gasteiger partial charge is 0.167 e. The summed E-state index contributed by atoms with van der Waals surface area (Å²) >= 11 is 0. The molecule has 20 heavy (non-hydrogen) atoms. The molecule has 1 aliphatic heterocycles. The van der Waals surface area contributed by atoms with Crippen LogP contribution in [0.1, 0.15) is 6.23 Å². The van der Waals surface area contributed by atoms with Crippen molar-refractivity contribution in [2.24, 2.45) is 0 Å². The molecule has 0 bridgehead atoms. The van der Waals surface area contributed by atoms with Crippen LogP contribution in [0.25, 0.3) is 11.2 Å². The molecule has 3 rings (SSSR count). The predicted molar refractivity (Wildman–Crippen MR) is 62.7 cm³/mol. The van der Waals surface area contributed by atoms with Gasteiger partial charge in [0.15, 0.2) is 17.7 Å². The summed E-state index contributed by atoms with van der Waals surface area (Å²) in [6.07, 6.45) is -1.42. The van der Waals surface area contributed by atoms with Crippen LogP contribution in [-0.4, -0.2) is 59.8 Å². The number of nitrogen functional groups attached to an aromatic ring is 1.